The molecule has 144 valence electrons. The van der Waals surface area contributed by atoms with Crippen molar-refractivity contribution < 1.29 is 4.92 Å². The van der Waals surface area contributed by atoms with Crippen molar-refractivity contribution in [2.24, 2.45) is 10.2 Å². The number of nitriles is 2. The third-order valence-electron chi connectivity index (χ3n) is 4.04. The summed E-state index contributed by atoms with van der Waals surface area (Å²) in [6, 6.07) is 16.3. The number of aromatic nitrogens is 1. The lowest BCUT2D eigenvalue weighted by molar-refractivity contribution is -0.383. The molecule has 0 radical (unpaired) electrons. The van der Waals surface area contributed by atoms with Crippen LogP contribution in [0.1, 0.15) is 12.8 Å². The molecule has 2 aromatic carbocycles. The molecule has 0 amide bonds. The second-order valence-electron chi connectivity index (χ2n) is 5.90. The molecule has 0 bridgehead atoms. The third kappa shape index (κ3) is 4.89. The lowest BCUT2D eigenvalue weighted by Gasteiger charge is -2.22. The number of nitro benzene ring substituents is 1. The van der Waals surface area contributed by atoms with Crippen molar-refractivity contribution in [1.82, 2.24) is 4.98 Å². The van der Waals surface area contributed by atoms with E-state index in [0.29, 0.717) is 47.0 Å². The molecule has 0 atom stereocenters. The fourth-order valence-electron chi connectivity index (χ4n) is 2.68. The Kier molecular flexibility index (Phi) is 6.40. The monoisotopic (exact) mass is 405 g/mol. The van der Waals surface area contributed by atoms with E-state index in [4.69, 9.17) is 10.5 Å². The van der Waals surface area contributed by atoms with Gasteiger partial charge in [-0.3, -0.25) is 10.1 Å². The quantitative estimate of drug-likeness (QED) is 0.285. The minimum atomic E-state index is -0.466. The van der Waals surface area contributed by atoms with Gasteiger partial charge in [0.2, 0.25) is 5.13 Å². The molecule has 0 aliphatic carbocycles. The molecule has 0 spiro atoms. The maximum absolute atomic E-state index is 11.1. The van der Waals surface area contributed by atoms with Gasteiger partial charge in [0.1, 0.15) is 0 Å². The highest BCUT2D eigenvalue weighted by Gasteiger charge is 2.15. The molecular weight excluding hydrogens is 390 g/mol. The van der Waals surface area contributed by atoms with Gasteiger partial charge >= 0.3 is 0 Å². The first-order chi connectivity index (χ1) is 14.1. The van der Waals surface area contributed by atoms with E-state index in [0.717, 1.165) is 5.69 Å². The van der Waals surface area contributed by atoms with Gasteiger partial charge in [0, 0.05) is 24.8 Å². The summed E-state index contributed by atoms with van der Waals surface area (Å²) in [6.07, 6.45) is 0.743. The maximum Gasteiger partial charge on any atom is 0.296 e. The van der Waals surface area contributed by atoms with Crippen molar-refractivity contribution in [3.63, 3.8) is 0 Å². The Morgan fingerprint density at radius 1 is 1.07 bits per heavy atom. The highest BCUT2D eigenvalue weighted by molar-refractivity contribution is 7.22. The number of azo groups is 1. The predicted octanol–water partition coefficient (Wildman–Crippen LogP) is 5.25. The van der Waals surface area contributed by atoms with Gasteiger partial charge in [-0.05, 0) is 30.3 Å². The van der Waals surface area contributed by atoms with Crippen LogP contribution in [0.4, 0.5) is 22.2 Å². The largest absolute Gasteiger partial charge is 0.369 e. The second kappa shape index (κ2) is 9.35. The number of para-hydroxylation sites is 1. The van der Waals surface area contributed by atoms with Crippen LogP contribution in [0.5, 0.6) is 0 Å². The molecule has 0 saturated carbocycles. The van der Waals surface area contributed by atoms with Gasteiger partial charge in [-0.25, -0.2) is 4.98 Å². The zero-order valence-corrected chi connectivity index (χ0v) is 16.0. The van der Waals surface area contributed by atoms with Crippen LogP contribution in [0.2, 0.25) is 0 Å². The second-order valence-corrected chi connectivity index (χ2v) is 6.91. The van der Waals surface area contributed by atoms with Crippen LogP contribution < -0.4 is 4.90 Å². The molecule has 29 heavy (non-hydrogen) atoms. The number of hydrogen-bond donors (Lipinski definition) is 0. The highest BCUT2D eigenvalue weighted by Crippen LogP contribution is 2.34. The van der Waals surface area contributed by atoms with Crippen molar-refractivity contribution in [3.05, 3.63) is 52.6 Å². The summed E-state index contributed by atoms with van der Waals surface area (Å²) in [5, 5.41) is 37.3. The number of benzene rings is 2. The standard InChI is InChI=1S/C19H15N7O2S/c20-10-2-12-25(13-3-11-21)15-8-6-14(7-9-15)23-24-19-22-18-16(26(27)28)4-1-5-17(18)29-19/h1,4-9H,2-3,12-13H2. The average molecular weight is 405 g/mol. The van der Waals surface area contributed by atoms with Gasteiger partial charge in [0.05, 0.1) is 40.3 Å². The molecule has 0 aliphatic rings. The molecule has 0 saturated heterocycles. The first-order valence-electron chi connectivity index (χ1n) is 8.67. The summed E-state index contributed by atoms with van der Waals surface area (Å²) in [7, 11) is 0. The minimum Gasteiger partial charge on any atom is -0.369 e. The first kappa shape index (κ1) is 19.9. The van der Waals surface area contributed by atoms with Gasteiger partial charge in [-0.2, -0.15) is 10.5 Å². The normalized spacial score (nSPS) is 10.7. The average Bonchev–Trinajstić information content (AvgIpc) is 3.16. The molecule has 9 nitrogen and oxygen atoms in total. The summed E-state index contributed by atoms with van der Waals surface area (Å²) in [5.41, 5.74) is 1.74. The number of nitrogens with zero attached hydrogens (tertiary/aromatic N) is 7. The lowest BCUT2D eigenvalue weighted by Crippen LogP contribution is -2.25. The third-order valence-corrected chi connectivity index (χ3v) is 4.94. The van der Waals surface area contributed by atoms with Crippen LogP contribution in [0.3, 0.4) is 0 Å². The van der Waals surface area contributed by atoms with Crippen molar-refractivity contribution >= 4 is 43.7 Å². The van der Waals surface area contributed by atoms with Crippen LogP contribution in [-0.4, -0.2) is 23.0 Å². The van der Waals surface area contributed by atoms with Crippen molar-refractivity contribution in [1.29, 1.82) is 10.5 Å². The smallest absolute Gasteiger partial charge is 0.296 e. The van der Waals surface area contributed by atoms with E-state index in [-0.39, 0.29) is 5.69 Å². The van der Waals surface area contributed by atoms with Crippen LogP contribution in [-0.2, 0) is 0 Å². The molecule has 0 unspecified atom stereocenters. The maximum atomic E-state index is 11.1. The summed E-state index contributed by atoms with van der Waals surface area (Å²) in [6.45, 7) is 1.09. The molecule has 0 aliphatic heterocycles. The topological polar surface area (TPSA) is 132 Å². The zero-order valence-electron chi connectivity index (χ0n) is 15.2. The molecule has 0 N–H and O–H groups in total. The Balaban J connectivity index is 1.77. The summed E-state index contributed by atoms with van der Waals surface area (Å²) >= 11 is 1.23. The fourth-order valence-corrected chi connectivity index (χ4v) is 3.49. The molecule has 1 aromatic heterocycles. The van der Waals surface area contributed by atoms with E-state index in [1.807, 2.05) is 17.0 Å². The molecular formula is C19H15N7O2S. The molecule has 3 rings (SSSR count). The minimum absolute atomic E-state index is 0.0561. The Labute approximate surface area is 170 Å². The Bertz CT molecular complexity index is 1110. The predicted molar refractivity (Wildman–Crippen MR) is 110 cm³/mol. The van der Waals surface area contributed by atoms with Crippen LogP contribution in [0.15, 0.2) is 52.7 Å². The van der Waals surface area contributed by atoms with E-state index < -0.39 is 4.92 Å². The van der Waals surface area contributed by atoms with Crippen LogP contribution in [0.25, 0.3) is 10.2 Å². The number of hydrogen-bond acceptors (Lipinski definition) is 9. The number of fused-ring (bicyclic) bond motifs is 1. The van der Waals surface area contributed by atoms with Gasteiger partial charge < -0.3 is 4.90 Å². The summed E-state index contributed by atoms with van der Waals surface area (Å²) in [5.74, 6) is 0. The Morgan fingerprint density at radius 2 is 1.76 bits per heavy atom. The van der Waals surface area contributed by atoms with Crippen LogP contribution in [0, 0.1) is 32.8 Å². The van der Waals surface area contributed by atoms with Crippen LogP contribution >= 0.6 is 11.3 Å². The van der Waals surface area contributed by atoms with E-state index in [2.05, 4.69) is 27.4 Å². The number of thiazole rings is 1. The van der Waals surface area contributed by atoms with Gasteiger partial charge in [0.25, 0.3) is 5.69 Å². The SMILES string of the molecule is N#CCCN(CCC#N)c1ccc(N=Nc2nc3c([N+](=O)[O-])cccc3s2)cc1. The summed E-state index contributed by atoms with van der Waals surface area (Å²) in [4.78, 5) is 16.8. The zero-order chi connectivity index (χ0) is 20.6. The number of nitro groups is 1. The van der Waals surface area contributed by atoms with Crippen molar-refractivity contribution in [3.8, 4) is 12.1 Å². The molecule has 3 aromatic rings. The van der Waals surface area contributed by atoms with E-state index in [9.17, 15) is 10.1 Å². The number of anilines is 1. The van der Waals surface area contributed by atoms with Gasteiger partial charge in [-0.15, -0.1) is 10.2 Å². The fraction of sp³-hybridized carbons (Fsp3) is 0.211. The molecule has 0 fully saturated rings. The van der Waals surface area contributed by atoms with E-state index in [1.165, 1.54) is 17.4 Å². The lowest BCUT2D eigenvalue weighted by atomic mass is 10.2. The Morgan fingerprint density at radius 3 is 2.38 bits per heavy atom. The van der Waals surface area contributed by atoms with Crippen molar-refractivity contribution in [2.45, 2.75) is 12.8 Å². The molecule has 10 heteroatoms. The van der Waals surface area contributed by atoms with Gasteiger partial charge in [-0.1, -0.05) is 17.4 Å². The van der Waals surface area contributed by atoms with E-state index in [1.54, 1.807) is 24.3 Å². The highest BCUT2D eigenvalue weighted by atomic mass is 32.1. The number of non-ortho nitro benzene ring substituents is 1. The Hall–Kier alpha value is -3.89. The number of rotatable bonds is 8. The summed E-state index contributed by atoms with van der Waals surface area (Å²) < 4.78 is 0.675. The molecule has 1 heterocycles. The van der Waals surface area contributed by atoms with Gasteiger partial charge in [0.15, 0.2) is 5.52 Å². The van der Waals surface area contributed by atoms with Crippen molar-refractivity contribution in [2.75, 3.05) is 18.0 Å². The van der Waals surface area contributed by atoms with E-state index >= 15 is 0 Å². The first-order valence-corrected chi connectivity index (χ1v) is 9.48.